The SMILES string of the molecule is CC(O)c1cccnc1N1CCC(O)C(C)C1. The molecule has 17 heavy (non-hydrogen) atoms. The van der Waals surface area contributed by atoms with Gasteiger partial charge in [-0.3, -0.25) is 0 Å². The Morgan fingerprint density at radius 3 is 2.94 bits per heavy atom. The Kier molecular flexibility index (Phi) is 3.64. The molecule has 94 valence electrons. The molecule has 0 amide bonds. The first kappa shape index (κ1) is 12.3. The molecule has 4 nitrogen and oxygen atoms in total. The van der Waals surface area contributed by atoms with Crippen LogP contribution < -0.4 is 4.90 Å². The van der Waals surface area contributed by atoms with Crippen molar-refractivity contribution in [1.29, 1.82) is 0 Å². The zero-order chi connectivity index (χ0) is 12.4. The number of anilines is 1. The van der Waals surface area contributed by atoms with Crippen molar-refractivity contribution >= 4 is 5.82 Å². The highest BCUT2D eigenvalue weighted by Gasteiger charge is 2.26. The van der Waals surface area contributed by atoms with E-state index in [1.165, 1.54) is 0 Å². The summed E-state index contributed by atoms with van der Waals surface area (Å²) in [5, 5.41) is 19.5. The lowest BCUT2D eigenvalue weighted by molar-refractivity contribution is 0.0966. The maximum Gasteiger partial charge on any atom is 0.134 e. The van der Waals surface area contributed by atoms with Crippen molar-refractivity contribution in [3.05, 3.63) is 23.9 Å². The highest BCUT2D eigenvalue weighted by atomic mass is 16.3. The number of hydrogen-bond donors (Lipinski definition) is 2. The summed E-state index contributed by atoms with van der Waals surface area (Å²) in [5.41, 5.74) is 0.857. The van der Waals surface area contributed by atoms with Crippen LogP contribution in [0, 0.1) is 5.92 Å². The molecule has 1 fully saturated rings. The van der Waals surface area contributed by atoms with Crippen LogP contribution in [-0.2, 0) is 0 Å². The topological polar surface area (TPSA) is 56.6 Å². The number of aliphatic hydroxyl groups is 2. The van der Waals surface area contributed by atoms with Crippen molar-refractivity contribution in [1.82, 2.24) is 4.98 Å². The Morgan fingerprint density at radius 2 is 2.29 bits per heavy atom. The maximum atomic E-state index is 9.74. The fourth-order valence-electron chi connectivity index (χ4n) is 2.33. The maximum absolute atomic E-state index is 9.74. The first-order valence-corrected chi connectivity index (χ1v) is 6.15. The van der Waals surface area contributed by atoms with Crippen molar-refractivity contribution in [2.24, 2.45) is 5.92 Å². The first-order chi connectivity index (χ1) is 8.09. The van der Waals surface area contributed by atoms with E-state index in [0.717, 1.165) is 30.9 Å². The van der Waals surface area contributed by atoms with Gasteiger partial charge in [0, 0.05) is 24.8 Å². The monoisotopic (exact) mass is 236 g/mol. The fourth-order valence-corrected chi connectivity index (χ4v) is 2.33. The summed E-state index contributed by atoms with van der Waals surface area (Å²) < 4.78 is 0. The molecular weight excluding hydrogens is 216 g/mol. The standard InChI is InChI=1S/C13H20N2O2/c1-9-8-15(7-5-12(9)17)13-11(10(2)16)4-3-6-14-13/h3-4,6,9-10,12,16-17H,5,7-8H2,1-2H3. The molecule has 2 rings (SSSR count). The number of nitrogens with zero attached hydrogens (tertiary/aromatic N) is 2. The van der Waals surface area contributed by atoms with Gasteiger partial charge in [0.15, 0.2) is 0 Å². The van der Waals surface area contributed by atoms with Crippen molar-refractivity contribution in [3.63, 3.8) is 0 Å². The zero-order valence-corrected chi connectivity index (χ0v) is 10.4. The second-order valence-electron chi connectivity index (χ2n) is 4.87. The molecule has 0 bridgehead atoms. The average molecular weight is 236 g/mol. The van der Waals surface area contributed by atoms with Crippen molar-refractivity contribution in [2.75, 3.05) is 18.0 Å². The third-order valence-electron chi connectivity index (χ3n) is 3.43. The van der Waals surface area contributed by atoms with Crippen molar-refractivity contribution in [2.45, 2.75) is 32.5 Å². The van der Waals surface area contributed by atoms with E-state index in [0.29, 0.717) is 0 Å². The van der Waals surface area contributed by atoms with Gasteiger partial charge in [-0.15, -0.1) is 0 Å². The summed E-state index contributed by atoms with van der Waals surface area (Å²) in [5.74, 6) is 1.09. The Morgan fingerprint density at radius 1 is 1.53 bits per heavy atom. The molecule has 1 saturated heterocycles. The number of aliphatic hydroxyl groups excluding tert-OH is 2. The zero-order valence-electron chi connectivity index (χ0n) is 10.4. The Bertz CT molecular complexity index is 381. The molecule has 1 aromatic heterocycles. The van der Waals surface area contributed by atoms with Crippen molar-refractivity contribution in [3.8, 4) is 0 Å². The third kappa shape index (κ3) is 2.58. The van der Waals surface area contributed by atoms with Gasteiger partial charge in [0.1, 0.15) is 5.82 Å². The Labute approximate surface area is 102 Å². The minimum Gasteiger partial charge on any atom is -0.393 e. The summed E-state index contributed by atoms with van der Waals surface area (Å²) in [6, 6.07) is 3.75. The molecule has 1 aromatic rings. The minimum atomic E-state index is -0.513. The second kappa shape index (κ2) is 5.02. The fraction of sp³-hybridized carbons (Fsp3) is 0.615. The predicted octanol–water partition coefficient (Wildman–Crippen LogP) is 1.34. The first-order valence-electron chi connectivity index (χ1n) is 6.15. The summed E-state index contributed by atoms with van der Waals surface area (Å²) >= 11 is 0. The van der Waals surface area contributed by atoms with Crippen LogP contribution >= 0.6 is 0 Å². The predicted molar refractivity (Wildman–Crippen MR) is 66.9 cm³/mol. The molecule has 0 saturated carbocycles. The van der Waals surface area contributed by atoms with Crippen LogP contribution in [-0.4, -0.2) is 34.4 Å². The Hall–Kier alpha value is -1.13. The van der Waals surface area contributed by atoms with Gasteiger partial charge in [0.2, 0.25) is 0 Å². The molecule has 4 heteroatoms. The molecule has 3 unspecified atom stereocenters. The lowest BCUT2D eigenvalue weighted by Gasteiger charge is -2.36. The molecule has 2 N–H and O–H groups in total. The van der Waals surface area contributed by atoms with Crippen LogP contribution in [0.15, 0.2) is 18.3 Å². The third-order valence-corrected chi connectivity index (χ3v) is 3.43. The highest BCUT2D eigenvalue weighted by molar-refractivity contribution is 5.48. The molecule has 0 radical (unpaired) electrons. The van der Waals surface area contributed by atoms with Crippen LogP contribution in [0.4, 0.5) is 5.82 Å². The van der Waals surface area contributed by atoms with Crippen LogP contribution in [0.1, 0.15) is 31.9 Å². The average Bonchev–Trinajstić information content (AvgIpc) is 2.32. The molecule has 2 heterocycles. The van der Waals surface area contributed by atoms with Gasteiger partial charge in [-0.05, 0) is 25.3 Å². The van der Waals surface area contributed by atoms with E-state index in [2.05, 4.69) is 9.88 Å². The summed E-state index contributed by atoms with van der Waals surface area (Å²) in [6.07, 6.45) is 1.78. The lowest BCUT2D eigenvalue weighted by Crippen LogP contribution is -2.42. The summed E-state index contributed by atoms with van der Waals surface area (Å²) in [6.45, 7) is 5.38. The summed E-state index contributed by atoms with van der Waals surface area (Å²) in [4.78, 5) is 6.52. The van der Waals surface area contributed by atoms with E-state index < -0.39 is 6.10 Å². The van der Waals surface area contributed by atoms with Crippen LogP contribution in [0.3, 0.4) is 0 Å². The molecule has 0 spiro atoms. The smallest absolute Gasteiger partial charge is 0.134 e. The van der Waals surface area contributed by atoms with Gasteiger partial charge in [-0.1, -0.05) is 13.0 Å². The van der Waals surface area contributed by atoms with E-state index in [9.17, 15) is 10.2 Å². The molecule has 0 aromatic carbocycles. The number of rotatable bonds is 2. The molecule has 3 atom stereocenters. The van der Waals surface area contributed by atoms with Gasteiger partial charge in [-0.25, -0.2) is 4.98 Å². The highest BCUT2D eigenvalue weighted by Crippen LogP contribution is 2.27. The lowest BCUT2D eigenvalue weighted by atomic mass is 9.96. The van der Waals surface area contributed by atoms with E-state index >= 15 is 0 Å². The number of pyridine rings is 1. The second-order valence-corrected chi connectivity index (χ2v) is 4.87. The minimum absolute atomic E-state index is 0.218. The normalized spacial score (nSPS) is 26.9. The van der Waals surface area contributed by atoms with Gasteiger partial charge in [0.05, 0.1) is 12.2 Å². The van der Waals surface area contributed by atoms with Gasteiger partial charge in [0.25, 0.3) is 0 Å². The van der Waals surface area contributed by atoms with Gasteiger partial charge < -0.3 is 15.1 Å². The van der Waals surface area contributed by atoms with Crippen LogP contribution in [0.2, 0.25) is 0 Å². The Balaban J connectivity index is 2.22. The quantitative estimate of drug-likeness (QED) is 0.813. The van der Waals surface area contributed by atoms with E-state index in [4.69, 9.17) is 0 Å². The molecule has 1 aliphatic heterocycles. The van der Waals surface area contributed by atoms with Crippen LogP contribution in [0.25, 0.3) is 0 Å². The van der Waals surface area contributed by atoms with E-state index in [1.54, 1.807) is 13.1 Å². The van der Waals surface area contributed by atoms with Gasteiger partial charge >= 0.3 is 0 Å². The van der Waals surface area contributed by atoms with E-state index in [-0.39, 0.29) is 12.0 Å². The molecule has 0 aliphatic carbocycles. The number of hydrogen-bond acceptors (Lipinski definition) is 4. The van der Waals surface area contributed by atoms with E-state index in [1.807, 2.05) is 19.1 Å². The molecule has 1 aliphatic rings. The number of aromatic nitrogens is 1. The van der Waals surface area contributed by atoms with Crippen molar-refractivity contribution < 1.29 is 10.2 Å². The van der Waals surface area contributed by atoms with Gasteiger partial charge in [-0.2, -0.15) is 0 Å². The van der Waals surface area contributed by atoms with Crippen LogP contribution in [0.5, 0.6) is 0 Å². The molecular formula is C13H20N2O2. The summed E-state index contributed by atoms with van der Waals surface area (Å²) in [7, 11) is 0. The number of piperidine rings is 1. The largest absolute Gasteiger partial charge is 0.393 e.